The number of esters is 2. The second kappa shape index (κ2) is 13.5. The lowest BCUT2D eigenvalue weighted by molar-refractivity contribution is -0.277. The highest BCUT2D eigenvalue weighted by Gasteiger charge is 2.76. The van der Waals surface area contributed by atoms with Crippen molar-refractivity contribution < 1.29 is 72.8 Å². The van der Waals surface area contributed by atoms with Gasteiger partial charge in [0.2, 0.25) is 0 Å². The molecule has 0 saturated heterocycles. The van der Waals surface area contributed by atoms with Crippen LogP contribution >= 0.6 is 0 Å². The molecule has 0 aromatic rings. The molecule has 4 aliphatic rings. The number of halogens is 6. The third-order valence-corrected chi connectivity index (χ3v) is 13.7. The highest BCUT2D eigenvalue weighted by molar-refractivity contribution is 7.87. The summed E-state index contributed by atoms with van der Waals surface area (Å²) in [6, 6.07) is 0. The van der Waals surface area contributed by atoms with Gasteiger partial charge in [0, 0.05) is 49.9 Å². The molecule has 0 bridgehead atoms. The molecule has 10 nitrogen and oxygen atoms in total. The van der Waals surface area contributed by atoms with Gasteiger partial charge in [-0.05, 0) is 67.1 Å². The van der Waals surface area contributed by atoms with E-state index in [1.54, 1.807) is 0 Å². The van der Waals surface area contributed by atoms with Crippen LogP contribution in [-0.2, 0) is 43.6 Å². The zero-order valence-electron chi connectivity index (χ0n) is 27.4. The Morgan fingerprint density at radius 3 is 2.12 bits per heavy atom. The number of rotatable bonds is 11. The Morgan fingerprint density at radius 2 is 1.53 bits per heavy atom. The number of carbonyl (C=O) groups excluding carboxylic acids is 5. The van der Waals surface area contributed by atoms with Crippen LogP contribution < -0.4 is 0 Å². The van der Waals surface area contributed by atoms with E-state index < -0.39 is 64.2 Å². The topological polar surface area (TPSA) is 161 Å². The Bertz CT molecular complexity index is 1440. The third-order valence-electron chi connectivity index (χ3n) is 12.3. The Balaban J connectivity index is 1.27. The predicted molar refractivity (Wildman–Crippen MR) is 155 cm³/mol. The standard InChI is InChI=1S/C32H42F6O10S/c1-17(6-9-26(43)47-12-4-5-25(42)48-16-30(31(33,34)35,32(36,37)38)49(44,45)46)20-7-8-21-27-22(15-24(41)29(20,21)3)28(2)11-10-19(39)13-18(28)14-23(27)40/h17-18,20-22,27H,4-16H2,1-3H3,(H,44,45,46)/p-1. The molecular weight excluding hydrogens is 690 g/mol. The van der Waals surface area contributed by atoms with E-state index in [1.807, 2.05) is 13.8 Å². The fourth-order valence-electron chi connectivity index (χ4n) is 9.35. The van der Waals surface area contributed by atoms with Crippen LogP contribution in [0.4, 0.5) is 26.3 Å². The Morgan fingerprint density at radius 1 is 0.918 bits per heavy atom. The van der Waals surface area contributed by atoms with Crippen molar-refractivity contribution in [2.45, 2.75) is 108 Å². The monoisotopic (exact) mass is 731 g/mol. The van der Waals surface area contributed by atoms with E-state index in [0.29, 0.717) is 44.9 Å². The molecule has 0 aromatic heterocycles. The molecule has 17 heteroatoms. The van der Waals surface area contributed by atoms with Gasteiger partial charge in [0.1, 0.15) is 34.1 Å². The van der Waals surface area contributed by atoms with Gasteiger partial charge in [-0.15, -0.1) is 0 Å². The summed E-state index contributed by atoms with van der Waals surface area (Å²) in [6.45, 7) is 2.69. The van der Waals surface area contributed by atoms with E-state index in [1.165, 1.54) is 0 Å². The first-order valence-corrected chi connectivity index (χ1v) is 17.8. The first-order valence-electron chi connectivity index (χ1n) is 16.4. The Labute approximate surface area is 280 Å². The predicted octanol–water partition coefficient (Wildman–Crippen LogP) is 5.26. The summed E-state index contributed by atoms with van der Waals surface area (Å²) >= 11 is 0. The molecule has 0 heterocycles. The molecule has 8 unspecified atom stereocenters. The molecule has 49 heavy (non-hydrogen) atoms. The van der Waals surface area contributed by atoms with Gasteiger partial charge in [-0.3, -0.25) is 24.0 Å². The molecule has 0 aromatic carbocycles. The van der Waals surface area contributed by atoms with Crippen LogP contribution in [0.15, 0.2) is 0 Å². The molecule has 0 N–H and O–H groups in total. The van der Waals surface area contributed by atoms with Crippen LogP contribution in [0.1, 0.15) is 91.4 Å². The van der Waals surface area contributed by atoms with Crippen molar-refractivity contribution in [2.24, 2.45) is 46.3 Å². The summed E-state index contributed by atoms with van der Waals surface area (Å²) in [7, 11) is -7.11. The van der Waals surface area contributed by atoms with Gasteiger partial charge < -0.3 is 14.0 Å². The van der Waals surface area contributed by atoms with Crippen molar-refractivity contribution in [3.05, 3.63) is 0 Å². The highest BCUT2D eigenvalue weighted by atomic mass is 32.2. The first-order chi connectivity index (χ1) is 22.4. The number of alkyl halides is 6. The first kappa shape index (κ1) is 39.2. The second-order valence-electron chi connectivity index (χ2n) is 14.7. The van der Waals surface area contributed by atoms with Crippen LogP contribution in [0.5, 0.6) is 0 Å². The molecule has 278 valence electrons. The van der Waals surface area contributed by atoms with Gasteiger partial charge in [-0.2, -0.15) is 26.3 Å². The zero-order chi connectivity index (χ0) is 37.0. The SMILES string of the molecule is CC(CCC(=O)OCCCC(=O)OCC(C(F)(F)F)(C(F)(F)F)S(=O)(=O)[O-])C1CCC2C3C(=O)CC4CC(=O)CCC4(C)C3CC(=O)C12C. The maximum Gasteiger partial charge on any atom is 0.419 e. The van der Waals surface area contributed by atoms with E-state index in [2.05, 4.69) is 11.7 Å². The van der Waals surface area contributed by atoms with Crippen molar-refractivity contribution in [2.75, 3.05) is 13.2 Å². The minimum Gasteiger partial charge on any atom is -0.747 e. The van der Waals surface area contributed by atoms with Crippen LogP contribution in [0.2, 0.25) is 0 Å². The quantitative estimate of drug-likeness (QED) is 0.119. The largest absolute Gasteiger partial charge is 0.747 e. The van der Waals surface area contributed by atoms with E-state index in [0.717, 1.165) is 0 Å². The number of hydrogen-bond donors (Lipinski definition) is 0. The van der Waals surface area contributed by atoms with Crippen LogP contribution in [0, 0.1) is 46.3 Å². The van der Waals surface area contributed by atoms with Crippen LogP contribution in [0.3, 0.4) is 0 Å². The van der Waals surface area contributed by atoms with E-state index >= 15 is 0 Å². The zero-order valence-corrected chi connectivity index (χ0v) is 28.2. The Hall–Kier alpha value is -2.56. The van der Waals surface area contributed by atoms with Crippen LogP contribution in [-0.4, -0.2) is 72.6 Å². The molecule has 4 rings (SSSR count). The van der Waals surface area contributed by atoms with Gasteiger partial charge in [0.25, 0.3) is 4.75 Å². The van der Waals surface area contributed by atoms with E-state index in [-0.39, 0.29) is 77.5 Å². The van der Waals surface area contributed by atoms with Crippen molar-refractivity contribution >= 4 is 39.4 Å². The smallest absolute Gasteiger partial charge is 0.419 e. The molecule has 0 aliphatic heterocycles. The summed E-state index contributed by atoms with van der Waals surface area (Å²) in [5.41, 5.74) is -1.00. The third kappa shape index (κ3) is 6.90. The number of carbonyl (C=O) groups is 5. The van der Waals surface area contributed by atoms with Crippen LogP contribution in [0.25, 0.3) is 0 Å². The minimum absolute atomic E-state index is 0.0432. The lowest BCUT2D eigenvalue weighted by atomic mass is 9.44. The summed E-state index contributed by atoms with van der Waals surface area (Å²) in [5, 5.41) is 0. The molecule has 8 atom stereocenters. The number of ketones is 3. The number of Topliss-reactive ketones (excluding diaryl/α,β-unsaturated/α-hetero) is 3. The average molecular weight is 732 g/mol. The minimum atomic E-state index is -7.11. The number of ether oxygens (including phenoxy) is 2. The summed E-state index contributed by atoms with van der Waals surface area (Å²) in [6.07, 6.45) is -10.7. The normalized spacial score (nSPS) is 32.9. The van der Waals surface area contributed by atoms with Crippen molar-refractivity contribution in [3.8, 4) is 0 Å². The Kier molecular flexibility index (Phi) is 10.8. The maximum absolute atomic E-state index is 13.9. The molecule has 0 amide bonds. The molecule has 4 fully saturated rings. The lowest BCUT2D eigenvalue weighted by Gasteiger charge is -2.58. The number of fused-ring (bicyclic) bond motifs is 5. The van der Waals surface area contributed by atoms with Gasteiger partial charge in [0.15, 0.2) is 0 Å². The maximum atomic E-state index is 13.9. The van der Waals surface area contributed by atoms with Gasteiger partial charge >= 0.3 is 24.3 Å². The van der Waals surface area contributed by atoms with Crippen molar-refractivity contribution in [1.29, 1.82) is 0 Å². The molecule has 4 saturated carbocycles. The van der Waals surface area contributed by atoms with Gasteiger partial charge in [-0.1, -0.05) is 20.8 Å². The summed E-state index contributed by atoms with van der Waals surface area (Å²) in [5.74, 6) is -2.73. The number of hydrogen-bond acceptors (Lipinski definition) is 10. The fourth-order valence-corrected chi connectivity index (χ4v) is 10.1. The fraction of sp³-hybridized carbons (Fsp3) is 0.844. The molecule has 0 spiro atoms. The summed E-state index contributed by atoms with van der Waals surface area (Å²) < 4.78 is 115. The van der Waals surface area contributed by atoms with Gasteiger partial charge in [0.05, 0.1) is 6.61 Å². The molecule has 4 aliphatic carbocycles. The van der Waals surface area contributed by atoms with Gasteiger partial charge in [-0.25, -0.2) is 8.42 Å². The van der Waals surface area contributed by atoms with E-state index in [4.69, 9.17) is 4.74 Å². The highest BCUT2D eigenvalue weighted by Crippen LogP contribution is 2.66. The molecule has 0 radical (unpaired) electrons. The van der Waals surface area contributed by atoms with Crippen molar-refractivity contribution in [3.63, 3.8) is 0 Å². The molecular formula is C32H41F6O10S-. The van der Waals surface area contributed by atoms with E-state index in [9.17, 15) is 63.3 Å². The summed E-state index contributed by atoms with van der Waals surface area (Å²) in [4.78, 5) is 63.8. The second-order valence-corrected chi connectivity index (χ2v) is 16.3. The van der Waals surface area contributed by atoms with Crippen molar-refractivity contribution in [1.82, 2.24) is 0 Å². The average Bonchev–Trinajstić information content (AvgIpc) is 3.32. The lowest BCUT2D eigenvalue weighted by Crippen LogP contribution is -2.65.